The van der Waals surface area contributed by atoms with Gasteiger partial charge in [0, 0.05) is 70.2 Å². The van der Waals surface area contributed by atoms with E-state index in [1.807, 2.05) is 48.9 Å². The second-order valence-electron chi connectivity index (χ2n) is 9.27. The molecule has 0 aliphatic rings. The number of rotatable bonds is 7. The highest BCUT2D eigenvalue weighted by atomic mass is 32.1. The Morgan fingerprint density at radius 3 is 2.56 bits per heavy atom. The highest BCUT2D eigenvalue weighted by Gasteiger charge is 2.16. The number of nitrogens with one attached hydrogen (secondary N) is 3. The zero-order valence-corrected chi connectivity index (χ0v) is 21.5. The van der Waals surface area contributed by atoms with Crippen LogP contribution in [0.1, 0.15) is 11.1 Å². The summed E-state index contributed by atoms with van der Waals surface area (Å²) in [4.78, 5) is 17.8. The minimum absolute atomic E-state index is 0.213. The van der Waals surface area contributed by atoms with Gasteiger partial charge in [-0.2, -0.15) is 9.49 Å². The Kier molecular flexibility index (Phi) is 5.92. The predicted molar refractivity (Wildman–Crippen MR) is 152 cm³/mol. The molecule has 0 aliphatic heterocycles. The Balaban J connectivity index is 1.20. The molecule has 7 aromatic rings. The standard InChI is InChI=1S/C30H22FN7S/c31-27-7-6-26(39-27)22-8-9-34-29-23(22)12-25(36-29)28-24-11-21(17-35-30(24)38-37-28)20-10-19(15-33-16-20)14-32-13-18-4-2-1-3-5-18/h1-12,15-17,32H,13-14H2,(H,34,36)(H,35,37,38). The Hall–Kier alpha value is -4.73. The van der Waals surface area contributed by atoms with Gasteiger partial charge in [0.15, 0.2) is 10.8 Å². The number of benzene rings is 1. The van der Waals surface area contributed by atoms with Crippen LogP contribution in [0.4, 0.5) is 4.39 Å². The summed E-state index contributed by atoms with van der Waals surface area (Å²) >= 11 is 1.12. The van der Waals surface area contributed by atoms with Gasteiger partial charge >= 0.3 is 0 Å². The Labute approximate surface area is 226 Å². The van der Waals surface area contributed by atoms with Gasteiger partial charge in [-0.1, -0.05) is 30.3 Å². The number of nitrogens with zero attached hydrogens (tertiary/aromatic N) is 4. The van der Waals surface area contributed by atoms with E-state index in [-0.39, 0.29) is 5.13 Å². The van der Waals surface area contributed by atoms with E-state index in [9.17, 15) is 4.39 Å². The summed E-state index contributed by atoms with van der Waals surface area (Å²) < 4.78 is 13.7. The molecule has 6 heterocycles. The number of hydrogen-bond acceptors (Lipinski definition) is 6. The van der Waals surface area contributed by atoms with Crippen LogP contribution in [0.25, 0.3) is 55.0 Å². The van der Waals surface area contributed by atoms with Gasteiger partial charge in [-0.25, -0.2) is 9.97 Å². The molecule has 0 bridgehead atoms. The molecule has 0 aliphatic carbocycles. The van der Waals surface area contributed by atoms with E-state index >= 15 is 0 Å². The molecule has 6 aromatic heterocycles. The maximum atomic E-state index is 13.7. The molecule has 7 nitrogen and oxygen atoms in total. The lowest BCUT2D eigenvalue weighted by atomic mass is 10.1. The van der Waals surface area contributed by atoms with Crippen molar-refractivity contribution in [3.8, 4) is 33.0 Å². The minimum atomic E-state index is -0.213. The Morgan fingerprint density at radius 2 is 1.69 bits per heavy atom. The number of pyridine rings is 3. The van der Waals surface area contributed by atoms with Crippen molar-refractivity contribution in [3.63, 3.8) is 0 Å². The molecule has 0 fully saturated rings. The maximum absolute atomic E-state index is 13.7. The monoisotopic (exact) mass is 531 g/mol. The van der Waals surface area contributed by atoms with E-state index in [2.05, 4.69) is 59.7 Å². The van der Waals surface area contributed by atoms with Crippen molar-refractivity contribution in [2.45, 2.75) is 13.1 Å². The normalized spacial score (nSPS) is 11.5. The molecular weight excluding hydrogens is 509 g/mol. The van der Waals surface area contributed by atoms with Crippen LogP contribution < -0.4 is 5.32 Å². The first-order valence-electron chi connectivity index (χ1n) is 12.5. The first-order valence-corrected chi connectivity index (χ1v) is 13.3. The third-order valence-corrected chi connectivity index (χ3v) is 7.59. The predicted octanol–water partition coefficient (Wildman–Crippen LogP) is 6.72. The van der Waals surface area contributed by atoms with E-state index < -0.39 is 0 Å². The van der Waals surface area contributed by atoms with Crippen LogP contribution in [0.5, 0.6) is 0 Å². The van der Waals surface area contributed by atoms with Gasteiger partial charge in [0.2, 0.25) is 0 Å². The quantitative estimate of drug-likeness (QED) is 0.212. The molecule has 0 saturated heterocycles. The fraction of sp³-hybridized carbons (Fsp3) is 0.0667. The molecule has 0 amide bonds. The second-order valence-corrected chi connectivity index (χ2v) is 10.3. The van der Waals surface area contributed by atoms with E-state index in [1.165, 1.54) is 11.6 Å². The van der Waals surface area contributed by atoms with E-state index in [1.54, 1.807) is 12.3 Å². The first kappa shape index (κ1) is 23.4. The third kappa shape index (κ3) is 4.58. The second kappa shape index (κ2) is 9.86. The molecule has 7 rings (SSSR count). The number of aromatic nitrogens is 6. The smallest absolute Gasteiger partial charge is 0.181 e. The van der Waals surface area contributed by atoms with Gasteiger partial charge in [-0.05, 0) is 47.5 Å². The summed E-state index contributed by atoms with van der Waals surface area (Å²) in [7, 11) is 0. The molecule has 9 heteroatoms. The number of H-pyrrole nitrogens is 2. The Bertz CT molecular complexity index is 1920. The van der Waals surface area contributed by atoms with E-state index in [0.717, 1.165) is 72.8 Å². The van der Waals surface area contributed by atoms with Gasteiger partial charge in [0.05, 0.1) is 11.4 Å². The van der Waals surface area contributed by atoms with Crippen LogP contribution in [-0.4, -0.2) is 30.1 Å². The molecule has 0 atom stereocenters. The number of halogens is 1. The highest BCUT2D eigenvalue weighted by Crippen LogP contribution is 2.36. The van der Waals surface area contributed by atoms with Crippen molar-refractivity contribution in [1.82, 2.24) is 35.5 Å². The lowest BCUT2D eigenvalue weighted by molar-refractivity contribution is 0.657. The molecular formula is C30H22FN7S. The first-order chi connectivity index (χ1) is 19.2. The minimum Gasteiger partial charge on any atom is -0.338 e. The van der Waals surface area contributed by atoms with E-state index in [0.29, 0.717) is 12.2 Å². The van der Waals surface area contributed by atoms with Crippen molar-refractivity contribution in [2.24, 2.45) is 0 Å². The molecule has 0 saturated carbocycles. The molecule has 0 radical (unpaired) electrons. The number of aromatic amines is 2. The van der Waals surface area contributed by atoms with Gasteiger partial charge < -0.3 is 10.3 Å². The lowest BCUT2D eigenvalue weighted by Gasteiger charge is -2.07. The zero-order valence-electron chi connectivity index (χ0n) is 20.6. The fourth-order valence-electron chi connectivity index (χ4n) is 4.79. The van der Waals surface area contributed by atoms with Crippen molar-refractivity contribution >= 4 is 33.4 Å². The highest BCUT2D eigenvalue weighted by molar-refractivity contribution is 7.14. The average Bonchev–Trinajstić information content (AvgIpc) is 3.71. The van der Waals surface area contributed by atoms with Crippen LogP contribution in [0.15, 0.2) is 91.5 Å². The summed E-state index contributed by atoms with van der Waals surface area (Å²) in [6, 6.07) is 21.7. The fourth-order valence-corrected chi connectivity index (χ4v) is 5.56. The molecule has 0 unspecified atom stereocenters. The SMILES string of the molecule is Fc1ccc(-c2ccnc3[nH]c(-c4[nH]nc5ncc(-c6cncc(CNCc7ccccc7)c6)cc45)cc23)s1. The molecule has 0 spiro atoms. The summed E-state index contributed by atoms with van der Waals surface area (Å²) in [5.41, 5.74) is 8.19. The third-order valence-electron chi connectivity index (χ3n) is 6.68. The van der Waals surface area contributed by atoms with Gasteiger partial charge in [-0.3, -0.25) is 10.1 Å². The van der Waals surface area contributed by atoms with Gasteiger partial charge in [-0.15, -0.1) is 11.3 Å². The largest absolute Gasteiger partial charge is 0.338 e. The van der Waals surface area contributed by atoms with Crippen LogP contribution in [0.2, 0.25) is 0 Å². The van der Waals surface area contributed by atoms with Crippen molar-refractivity contribution in [1.29, 1.82) is 0 Å². The summed E-state index contributed by atoms with van der Waals surface area (Å²) in [5.74, 6) is 0. The van der Waals surface area contributed by atoms with E-state index in [4.69, 9.17) is 0 Å². The van der Waals surface area contributed by atoms with Crippen molar-refractivity contribution in [3.05, 3.63) is 108 Å². The average molecular weight is 532 g/mol. The van der Waals surface area contributed by atoms with Gasteiger partial charge in [0.1, 0.15) is 5.65 Å². The Morgan fingerprint density at radius 1 is 0.821 bits per heavy atom. The molecule has 190 valence electrons. The summed E-state index contributed by atoms with van der Waals surface area (Å²) in [5, 5.41) is 12.6. The summed E-state index contributed by atoms with van der Waals surface area (Å²) in [6.45, 7) is 1.50. The maximum Gasteiger partial charge on any atom is 0.181 e. The van der Waals surface area contributed by atoms with Crippen LogP contribution >= 0.6 is 11.3 Å². The van der Waals surface area contributed by atoms with Gasteiger partial charge in [0.25, 0.3) is 0 Å². The molecule has 39 heavy (non-hydrogen) atoms. The van der Waals surface area contributed by atoms with Crippen molar-refractivity contribution in [2.75, 3.05) is 0 Å². The number of thiophene rings is 1. The lowest BCUT2D eigenvalue weighted by Crippen LogP contribution is -2.12. The number of hydrogen-bond donors (Lipinski definition) is 3. The molecule has 1 aromatic carbocycles. The van der Waals surface area contributed by atoms with Crippen LogP contribution in [-0.2, 0) is 13.1 Å². The van der Waals surface area contributed by atoms with Crippen LogP contribution in [0, 0.1) is 5.13 Å². The van der Waals surface area contributed by atoms with Crippen LogP contribution in [0.3, 0.4) is 0 Å². The number of fused-ring (bicyclic) bond motifs is 2. The summed E-state index contributed by atoms with van der Waals surface area (Å²) in [6.07, 6.45) is 7.28. The van der Waals surface area contributed by atoms with Crippen molar-refractivity contribution < 1.29 is 4.39 Å². The topological polar surface area (TPSA) is 95.2 Å². The zero-order chi connectivity index (χ0) is 26.2. The molecule has 3 N–H and O–H groups in total.